The van der Waals surface area contributed by atoms with Crippen LogP contribution in [-0.2, 0) is 6.54 Å². The molecule has 3 aromatic rings. The third-order valence-electron chi connectivity index (χ3n) is 6.04. The lowest BCUT2D eigenvalue weighted by molar-refractivity contribution is 0.333. The zero-order chi connectivity index (χ0) is 20.0. The van der Waals surface area contributed by atoms with Crippen LogP contribution in [0.15, 0.2) is 66.7 Å². The van der Waals surface area contributed by atoms with Crippen LogP contribution in [0.4, 0.5) is 0 Å². The molecule has 4 nitrogen and oxygen atoms in total. The summed E-state index contributed by atoms with van der Waals surface area (Å²) in [7, 11) is 2.10. The molecule has 1 unspecified atom stereocenters. The zero-order valence-electron chi connectivity index (χ0n) is 16.8. The number of aryl methyl sites for hydroxylation is 1. The van der Waals surface area contributed by atoms with Crippen molar-refractivity contribution >= 4 is 17.0 Å². The Morgan fingerprint density at radius 2 is 2.10 bits per heavy atom. The molecule has 3 heterocycles. The van der Waals surface area contributed by atoms with Gasteiger partial charge in [-0.2, -0.15) is 0 Å². The molecule has 29 heavy (non-hydrogen) atoms. The second kappa shape index (κ2) is 7.05. The number of pyridine rings is 1. The van der Waals surface area contributed by atoms with Crippen LogP contribution in [0, 0.1) is 6.92 Å². The highest BCUT2D eigenvalue weighted by atomic mass is 16.3. The van der Waals surface area contributed by atoms with Crippen molar-refractivity contribution in [3.8, 4) is 5.69 Å². The van der Waals surface area contributed by atoms with Gasteiger partial charge in [0.1, 0.15) is 0 Å². The van der Waals surface area contributed by atoms with Gasteiger partial charge in [-0.25, -0.2) is 0 Å². The van der Waals surface area contributed by atoms with Crippen LogP contribution in [-0.4, -0.2) is 33.2 Å². The number of hydrogen-bond acceptors (Lipinski definition) is 3. The summed E-state index contributed by atoms with van der Waals surface area (Å²) in [5, 5.41) is 10.7. The first-order chi connectivity index (χ1) is 14.2. The SMILES string of the molecule is Cc1cc(-n2c3c(c4cnccc42)CN(C)C=C3)ccc1C1C=C(CO)C=CC1. The fourth-order valence-corrected chi connectivity index (χ4v) is 4.62. The van der Waals surface area contributed by atoms with Crippen molar-refractivity contribution < 1.29 is 5.11 Å². The Labute approximate surface area is 171 Å². The van der Waals surface area contributed by atoms with Crippen LogP contribution in [0.5, 0.6) is 0 Å². The van der Waals surface area contributed by atoms with Gasteiger partial charge in [0.15, 0.2) is 0 Å². The largest absolute Gasteiger partial charge is 0.392 e. The van der Waals surface area contributed by atoms with Gasteiger partial charge in [-0.3, -0.25) is 4.98 Å². The van der Waals surface area contributed by atoms with E-state index in [9.17, 15) is 5.11 Å². The molecule has 1 N–H and O–H groups in total. The highest BCUT2D eigenvalue weighted by molar-refractivity contribution is 5.89. The molecule has 2 aliphatic rings. The summed E-state index contributed by atoms with van der Waals surface area (Å²) in [5.41, 5.74) is 8.53. The number of aliphatic hydroxyl groups excluding tert-OH is 1. The van der Waals surface area contributed by atoms with E-state index in [2.05, 4.69) is 77.1 Å². The van der Waals surface area contributed by atoms with E-state index < -0.39 is 0 Å². The van der Waals surface area contributed by atoms with E-state index in [1.54, 1.807) is 0 Å². The van der Waals surface area contributed by atoms with Crippen molar-refractivity contribution in [3.63, 3.8) is 0 Å². The molecular formula is C25H25N3O. The van der Waals surface area contributed by atoms with Crippen LogP contribution in [0.25, 0.3) is 22.7 Å². The van der Waals surface area contributed by atoms with Gasteiger partial charge in [0.2, 0.25) is 0 Å². The number of benzene rings is 1. The molecule has 0 spiro atoms. The molecule has 1 aromatic carbocycles. The van der Waals surface area contributed by atoms with Crippen LogP contribution >= 0.6 is 0 Å². The quantitative estimate of drug-likeness (QED) is 0.712. The van der Waals surface area contributed by atoms with Crippen LogP contribution in [0.1, 0.15) is 34.7 Å². The molecule has 0 bridgehead atoms. The normalized spacial score (nSPS) is 18.2. The maximum absolute atomic E-state index is 9.49. The fourth-order valence-electron chi connectivity index (χ4n) is 4.62. The average molecular weight is 383 g/mol. The van der Waals surface area contributed by atoms with E-state index in [1.807, 2.05) is 18.5 Å². The monoisotopic (exact) mass is 383 g/mol. The van der Waals surface area contributed by atoms with Gasteiger partial charge in [0.05, 0.1) is 17.8 Å². The molecule has 146 valence electrons. The lowest BCUT2D eigenvalue weighted by Crippen LogP contribution is -2.14. The van der Waals surface area contributed by atoms with E-state index in [4.69, 9.17) is 0 Å². The summed E-state index contributed by atoms with van der Waals surface area (Å²) >= 11 is 0. The number of aromatic nitrogens is 2. The smallest absolute Gasteiger partial charge is 0.0678 e. The van der Waals surface area contributed by atoms with Crippen molar-refractivity contribution in [2.75, 3.05) is 13.7 Å². The molecule has 0 saturated carbocycles. The van der Waals surface area contributed by atoms with Gasteiger partial charge in [0.25, 0.3) is 0 Å². The molecule has 0 fully saturated rings. The summed E-state index contributed by atoms with van der Waals surface area (Å²) < 4.78 is 2.35. The molecule has 0 radical (unpaired) electrons. The predicted molar refractivity (Wildman–Crippen MR) is 118 cm³/mol. The first-order valence-corrected chi connectivity index (χ1v) is 10.1. The van der Waals surface area contributed by atoms with Gasteiger partial charge in [0, 0.05) is 54.7 Å². The minimum atomic E-state index is 0.0977. The summed E-state index contributed by atoms with van der Waals surface area (Å²) in [5.74, 6) is 0.323. The van der Waals surface area contributed by atoms with Crippen molar-refractivity contribution in [2.45, 2.75) is 25.8 Å². The van der Waals surface area contributed by atoms with Gasteiger partial charge >= 0.3 is 0 Å². The van der Waals surface area contributed by atoms with Gasteiger partial charge in [-0.15, -0.1) is 0 Å². The van der Waals surface area contributed by atoms with Gasteiger partial charge < -0.3 is 14.6 Å². The maximum Gasteiger partial charge on any atom is 0.0678 e. The molecular weight excluding hydrogens is 358 g/mol. The third-order valence-corrected chi connectivity index (χ3v) is 6.04. The number of nitrogens with zero attached hydrogens (tertiary/aromatic N) is 3. The number of allylic oxidation sites excluding steroid dienone is 2. The van der Waals surface area contributed by atoms with E-state index in [-0.39, 0.29) is 6.61 Å². The van der Waals surface area contributed by atoms with Crippen molar-refractivity contribution in [2.24, 2.45) is 0 Å². The Kier molecular flexibility index (Phi) is 4.36. The van der Waals surface area contributed by atoms with Crippen LogP contribution < -0.4 is 0 Å². The summed E-state index contributed by atoms with van der Waals surface area (Å²) in [4.78, 5) is 6.58. The summed E-state index contributed by atoms with van der Waals surface area (Å²) in [6.07, 6.45) is 15.5. The minimum absolute atomic E-state index is 0.0977. The summed E-state index contributed by atoms with van der Waals surface area (Å²) in [6, 6.07) is 8.86. The predicted octanol–water partition coefficient (Wildman–Crippen LogP) is 4.71. The molecule has 1 atom stereocenters. The fraction of sp³-hybridized carbons (Fsp3) is 0.240. The average Bonchev–Trinajstić information content (AvgIpc) is 3.07. The second-order valence-corrected chi connectivity index (χ2v) is 8.01. The highest BCUT2D eigenvalue weighted by Gasteiger charge is 2.21. The molecule has 4 heteroatoms. The number of rotatable bonds is 3. The van der Waals surface area contributed by atoms with E-state index >= 15 is 0 Å². The number of hydrogen-bond donors (Lipinski definition) is 1. The molecule has 1 aliphatic heterocycles. The first-order valence-electron chi connectivity index (χ1n) is 10.1. The molecule has 2 aromatic heterocycles. The van der Waals surface area contributed by atoms with Gasteiger partial charge in [-0.1, -0.05) is 24.3 Å². The molecule has 0 amide bonds. The van der Waals surface area contributed by atoms with E-state index in [0.717, 1.165) is 18.5 Å². The number of aliphatic hydroxyl groups is 1. The Morgan fingerprint density at radius 3 is 2.93 bits per heavy atom. The Hall–Kier alpha value is -3.11. The third kappa shape index (κ3) is 3.00. The van der Waals surface area contributed by atoms with Crippen molar-refractivity contribution in [3.05, 3.63) is 89.0 Å². The minimum Gasteiger partial charge on any atom is -0.392 e. The maximum atomic E-state index is 9.49. The first kappa shape index (κ1) is 18.0. The highest BCUT2D eigenvalue weighted by Crippen LogP contribution is 2.35. The number of fused-ring (bicyclic) bond motifs is 3. The van der Waals surface area contributed by atoms with Crippen LogP contribution in [0.3, 0.4) is 0 Å². The van der Waals surface area contributed by atoms with Crippen molar-refractivity contribution in [1.82, 2.24) is 14.5 Å². The topological polar surface area (TPSA) is 41.3 Å². The van der Waals surface area contributed by atoms with E-state index in [1.165, 1.54) is 39.0 Å². The lowest BCUT2D eigenvalue weighted by Gasteiger charge is -2.21. The van der Waals surface area contributed by atoms with Crippen molar-refractivity contribution in [1.29, 1.82) is 0 Å². The molecule has 1 aliphatic carbocycles. The Bertz CT molecular complexity index is 1180. The lowest BCUT2D eigenvalue weighted by atomic mass is 9.87. The van der Waals surface area contributed by atoms with E-state index in [0.29, 0.717) is 5.92 Å². The summed E-state index contributed by atoms with van der Waals surface area (Å²) in [6.45, 7) is 3.18. The molecule has 5 rings (SSSR count). The zero-order valence-corrected chi connectivity index (χ0v) is 16.8. The molecule has 0 saturated heterocycles. The second-order valence-electron chi connectivity index (χ2n) is 8.01. The standard InChI is InChI=1S/C25H25N3O/c1-17-12-20(6-7-21(17)19-5-3-4-18(13-19)16-29)28-24-8-10-26-14-22(24)23-15-27(2)11-9-25(23)28/h3-4,6-14,19,29H,5,15-16H2,1-2H3. The van der Waals surface area contributed by atoms with Gasteiger partial charge in [-0.05, 0) is 54.3 Å². The Balaban J connectivity index is 1.63. The Morgan fingerprint density at radius 1 is 1.21 bits per heavy atom. The van der Waals surface area contributed by atoms with Crippen LogP contribution in [0.2, 0.25) is 0 Å².